The van der Waals surface area contributed by atoms with Crippen molar-refractivity contribution in [3.63, 3.8) is 0 Å². The van der Waals surface area contributed by atoms with E-state index in [2.05, 4.69) is 5.32 Å². The molecule has 0 atom stereocenters. The maximum atomic E-state index is 12.8. The van der Waals surface area contributed by atoms with E-state index in [1.165, 1.54) is 8.61 Å². The Labute approximate surface area is 166 Å². The quantitative estimate of drug-likeness (QED) is 0.763. The van der Waals surface area contributed by atoms with Crippen molar-refractivity contribution in [3.05, 3.63) is 65.2 Å². The van der Waals surface area contributed by atoms with E-state index in [4.69, 9.17) is 4.74 Å². The number of aryl methyl sites for hydroxylation is 1. The number of amides is 1. The van der Waals surface area contributed by atoms with Gasteiger partial charge in [0, 0.05) is 26.2 Å². The van der Waals surface area contributed by atoms with Gasteiger partial charge in [-0.3, -0.25) is 4.79 Å². The first-order valence-corrected chi connectivity index (χ1v) is 10.5. The Hall–Kier alpha value is -2.42. The number of nitrogens with one attached hydrogen (secondary N) is 1. The predicted molar refractivity (Wildman–Crippen MR) is 107 cm³/mol. The number of rotatable bonds is 7. The van der Waals surface area contributed by atoms with E-state index in [1.54, 1.807) is 7.11 Å². The van der Waals surface area contributed by atoms with E-state index in [9.17, 15) is 13.2 Å². The summed E-state index contributed by atoms with van der Waals surface area (Å²) in [6.07, 6.45) is 0. The van der Waals surface area contributed by atoms with Crippen molar-refractivity contribution in [2.75, 3.05) is 26.7 Å². The van der Waals surface area contributed by atoms with E-state index >= 15 is 0 Å². The van der Waals surface area contributed by atoms with E-state index in [1.807, 2.05) is 55.5 Å². The van der Waals surface area contributed by atoms with Gasteiger partial charge in [0.1, 0.15) is 5.75 Å². The molecule has 3 rings (SSSR count). The zero-order chi connectivity index (χ0) is 20.1. The lowest BCUT2D eigenvalue weighted by molar-refractivity contribution is -0.121. The average Bonchev–Trinajstić information content (AvgIpc) is 2.96. The summed E-state index contributed by atoms with van der Waals surface area (Å²) in [5, 5.41) is 2.77. The molecule has 1 saturated heterocycles. The molecule has 1 N–H and O–H groups in total. The Bertz CT molecular complexity index is 946. The number of nitrogens with zero attached hydrogens (tertiary/aromatic N) is 2. The molecule has 1 aliphatic rings. The molecule has 28 heavy (non-hydrogen) atoms. The van der Waals surface area contributed by atoms with Gasteiger partial charge in [-0.1, -0.05) is 36.4 Å². The van der Waals surface area contributed by atoms with Crippen LogP contribution in [0.15, 0.2) is 48.5 Å². The van der Waals surface area contributed by atoms with E-state index < -0.39 is 10.2 Å². The number of hydrogen-bond donors (Lipinski definition) is 1. The molecule has 0 radical (unpaired) electrons. The van der Waals surface area contributed by atoms with Gasteiger partial charge in [-0.25, -0.2) is 0 Å². The standard InChI is InChI=1S/C20H25N3O4S/c1-16-6-3-4-8-18(16)14-22-10-11-23(28(22,25)26)15-20(24)21-13-17-7-5-9-19(12-17)27-2/h3-9,12H,10-11,13-15H2,1-2H3,(H,21,24). The first-order chi connectivity index (χ1) is 13.4. The highest BCUT2D eigenvalue weighted by atomic mass is 32.2. The monoisotopic (exact) mass is 403 g/mol. The fourth-order valence-corrected chi connectivity index (χ4v) is 4.65. The second-order valence-corrected chi connectivity index (χ2v) is 8.66. The van der Waals surface area contributed by atoms with Gasteiger partial charge in [0.05, 0.1) is 13.7 Å². The Kier molecular flexibility index (Phi) is 6.33. The number of hydrogen-bond acceptors (Lipinski definition) is 4. The number of carbonyl (C=O) groups excluding carboxylic acids is 1. The topological polar surface area (TPSA) is 79.0 Å². The van der Waals surface area contributed by atoms with Crippen LogP contribution in [0.3, 0.4) is 0 Å². The molecule has 0 saturated carbocycles. The van der Waals surface area contributed by atoms with Gasteiger partial charge in [0.2, 0.25) is 5.91 Å². The summed E-state index contributed by atoms with van der Waals surface area (Å²) in [5.74, 6) is 0.379. The highest BCUT2D eigenvalue weighted by molar-refractivity contribution is 7.87. The highest BCUT2D eigenvalue weighted by Crippen LogP contribution is 2.20. The molecule has 2 aromatic carbocycles. The minimum atomic E-state index is -3.65. The maximum Gasteiger partial charge on any atom is 0.282 e. The third-order valence-electron chi connectivity index (χ3n) is 4.80. The van der Waals surface area contributed by atoms with Crippen LogP contribution < -0.4 is 10.1 Å². The summed E-state index contributed by atoms with van der Waals surface area (Å²) < 4.78 is 33.3. The Morgan fingerprint density at radius 2 is 1.86 bits per heavy atom. The summed E-state index contributed by atoms with van der Waals surface area (Å²) >= 11 is 0. The zero-order valence-corrected chi connectivity index (χ0v) is 16.9. The van der Waals surface area contributed by atoms with E-state index in [0.717, 1.165) is 16.7 Å². The smallest absolute Gasteiger partial charge is 0.282 e. The Morgan fingerprint density at radius 3 is 2.61 bits per heavy atom. The molecule has 1 fully saturated rings. The molecule has 7 nitrogen and oxygen atoms in total. The minimum Gasteiger partial charge on any atom is -0.497 e. The third kappa shape index (κ3) is 4.70. The summed E-state index contributed by atoms with van der Waals surface area (Å²) in [4.78, 5) is 12.3. The summed E-state index contributed by atoms with van der Waals surface area (Å²) in [5.41, 5.74) is 2.90. The van der Waals surface area contributed by atoms with Crippen LogP contribution >= 0.6 is 0 Å². The lowest BCUT2D eigenvalue weighted by Gasteiger charge is -2.19. The van der Waals surface area contributed by atoms with Gasteiger partial charge in [-0.15, -0.1) is 0 Å². The van der Waals surface area contributed by atoms with Gasteiger partial charge in [0.15, 0.2) is 0 Å². The summed E-state index contributed by atoms with van der Waals surface area (Å²) in [6, 6.07) is 15.1. The van der Waals surface area contributed by atoms with Crippen LogP contribution in [0.4, 0.5) is 0 Å². The van der Waals surface area contributed by atoms with Crippen LogP contribution in [0.2, 0.25) is 0 Å². The van der Waals surface area contributed by atoms with Crippen molar-refractivity contribution in [1.29, 1.82) is 0 Å². The average molecular weight is 404 g/mol. The fourth-order valence-electron chi connectivity index (χ4n) is 3.11. The zero-order valence-electron chi connectivity index (χ0n) is 16.1. The molecule has 1 amide bonds. The van der Waals surface area contributed by atoms with Crippen LogP contribution in [0.1, 0.15) is 16.7 Å². The number of methoxy groups -OCH3 is 1. The van der Waals surface area contributed by atoms with Crippen molar-refractivity contribution >= 4 is 16.1 Å². The fraction of sp³-hybridized carbons (Fsp3) is 0.350. The second-order valence-electron chi connectivity index (χ2n) is 6.73. The van der Waals surface area contributed by atoms with Crippen LogP contribution in [-0.2, 0) is 28.1 Å². The first-order valence-electron chi connectivity index (χ1n) is 9.09. The third-order valence-corrected chi connectivity index (χ3v) is 6.73. The maximum absolute atomic E-state index is 12.8. The Balaban J connectivity index is 1.57. The van der Waals surface area contributed by atoms with Gasteiger partial charge in [-0.2, -0.15) is 17.0 Å². The first kappa shape index (κ1) is 20.3. The second kappa shape index (κ2) is 8.72. The molecule has 0 aliphatic carbocycles. The molecule has 0 spiro atoms. The number of benzene rings is 2. The van der Waals surface area contributed by atoms with Gasteiger partial charge in [0.25, 0.3) is 10.2 Å². The predicted octanol–water partition coefficient (Wildman–Crippen LogP) is 1.68. The van der Waals surface area contributed by atoms with Gasteiger partial charge >= 0.3 is 0 Å². The lowest BCUT2D eigenvalue weighted by atomic mass is 10.1. The van der Waals surface area contributed by atoms with Crippen molar-refractivity contribution in [2.24, 2.45) is 0 Å². The molecule has 1 heterocycles. The van der Waals surface area contributed by atoms with Crippen molar-refractivity contribution < 1.29 is 17.9 Å². The molecule has 150 valence electrons. The van der Waals surface area contributed by atoms with Crippen molar-refractivity contribution in [3.8, 4) is 5.75 Å². The summed E-state index contributed by atoms with van der Waals surface area (Å²) in [7, 11) is -2.06. The normalized spacial score (nSPS) is 16.8. The number of ether oxygens (including phenoxy) is 1. The van der Waals surface area contributed by atoms with Crippen molar-refractivity contribution in [2.45, 2.75) is 20.0 Å². The molecule has 0 bridgehead atoms. The number of carbonyl (C=O) groups is 1. The molecular weight excluding hydrogens is 378 g/mol. The van der Waals surface area contributed by atoms with Gasteiger partial charge in [-0.05, 0) is 35.7 Å². The lowest BCUT2D eigenvalue weighted by Crippen LogP contribution is -2.40. The molecular formula is C20H25N3O4S. The molecule has 0 aromatic heterocycles. The van der Waals surface area contributed by atoms with Crippen molar-refractivity contribution in [1.82, 2.24) is 13.9 Å². The Morgan fingerprint density at radius 1 is 1.11 bits per heavy atom. The largest absolute Gasteiger partial charge is 0.497 e. The van der Waals surface area contributed by atoms with Crippen LogP contribution in [0.5, 0.6) is 5.75 Å². The minimum absolute atomic E-state index is 0.184. The van der Waals surface area contributed by atoms with E-state index in [-0.39, 0.29) is 12.5 Å². The van der Waals surface area contributed by atoms with Gasteiger partial charge < -0.3 is 10.1 Å². The van der Waals surface area contributed by atoms with Crippen LogP contribution in [-0.4, -0.2) is 49.7 Å². The van der Waals surface area contributed by atoms with E-state index in [0.29, 0.717) is 31.9 Å². The SMILES string of the molecule is COc1cccc(CNC(=O)CN2CCN(Cc3ccccc3C)S2(=O)=O)c1. The molecule has 1 aliphatic heterocycles. The summed E-state index contributed by atoms with van der Waals surface area (Å²) in [6.45, 7) is 3.09. The molecule has 2 aromatic rings. The van der Waals surface area contributed by atoms with Crippen LogP contribution in [0, 0.1) is 6.92 Å². The molecule has 8 heteroatoms. The highest BCUT2D eigenvalue weighted by Gasteiger charge is 2.37. The van der Waals surface area contributed by atoms with Crippen LogP contribution in [0.25, 0.3) is 0 Å². The molecule has 0 unspecified atom stereocenters.